The molecule has 0 spiro atoms. The Bertz CT molecular complexity index is 974. The number of carbonyl (C=O) groups is 2. The molecule has 172 valence electrons. The van der Waals surface area contributed by atoms with E-state index in [9.17, 15) is 22.8 Å². The number of anilines is 2. The van der Waals surface area contributed by atoms with Crippen molar-refractivity contribution in [3.63, 3.8) is 0 Å². The second-order valence-electron chi connectivity index (χ2n) is 7.36. The summed E-state index contributed by atoms with van der Waals surface area (Å²) in [6.45, 7) is 4.21. The molecule has 2 aromatic heterocycles. The highest BCUT2D eigenvalue weighted by atomic mass is 19.4. The van der Waals surface area contributed by atoms with Gasteiger partial charge in [-0.3, -0.25) is 14.5 Å². The van der Waals surface area contributed by atoms with Crippen molar-refractivity contribution in [3.05, 3.63) is 47.4 Å². The lowest BCUT2D eigenvalue weighted by Gasteiger charge is -2.37. The zero-order chi connectivity index (χ0) is 23.3. The van der Waals surface area contributed by atoms with Gasteiger partial charge in [0, 0.05) is 52.4 Å². The van der Waals surface area contributed by atoms with E-state index in [2.05, 4.69) is 25.5 Å². The number of aromatic nitrogens is 2. The first kappa shape index (κ1) is 23.5. The van der Waals surface area contributed by atoms with Gasteiger partial charge in [0.05, 0.1) is 5.69 Å². The molecule has 8 nitrogen and oxygen atoms in total. The number of alkyl halides is 3. The van der Waals surface area contributed by atoms with Crippen molar-refractivity contribution in [1.29, 1.82) is 0 Å². The first-order valence-electron chi connectivity index (χ1n) is 10.2. The number of rotatable bonds is 6. The molecule has 2 N–H and O–H groups in total. The summed E-state index contributed by atoms with van der Waals surface area (Å²) in [7, 11) is 1.34. The maximum atomic E-state index is 13.6. The monoisotopic (exact) mass is 450 g/mol. The van der Waals surface area contributed by atoms with Gasteiger partial charge >= 0.3 is 6.18 Å². The van der Waals surface area contributed by atoms with Crippen LogP contribution in [-0.2, 0) is 17.5 Å². The fourth-order valence-electron chi connectivity index (χ4n) is 3.45. The first-order chi connectivity index (χ1) is 15.2. The van der Waals surface area contributed by atoms with Crippen molar-refractivity contribution in [2.75, 3.05) is 43.4 Å². The summed E-state index contributed by atoms with van der Waals surface area (Å²) in [5.74, 6) is -0.316. The van der Waals surface area contributed by atoms with Crippen LogP contribution in [-0.4, -0.2) is 59.9 Å². The second kappa shape index (κ2) is 9.94. The number of halogens is 3. The van der Waals surface area contributed by atoms with Crippen LogP contribution in [0.3, 0.4) is 0 Å². The molecule has 1 fully saturated rings. The van der Waals surface area contributed by atoms with Gasteiger partial charge in [0.15, 0.2) is 5.69 Å². The summed E-state index contributed by atoms with van der Waals surface area (Å²) in [6, 6.07) is 6.25. The third-order valence-corrected chi connectivity index (χ3v) is 5.13. The molecule has 0 aliphatic carbocycles. The van der Waals surface area contributed by atoms with E-state index in [0.717, 1.165) is 5.56 Å². The molecule has 3 rings (SSSR count). The summed E-state index contributed by atoms with van der Waals surface area (Å²) < 4.78 is 40.8. The number of pyridine rings is 2. The smallest absolute Gasteiger partial charge is 0.367 e. The highest BCUT2D eigenvalue weighted by Crippen LogP contribution is 2.35. The van der Waals surface area contributed by atoms with Crippen LogP contribution in [0, 0.1) is 0 Å². The molecule has 0 atom stereocenters. The van der Waals surface area contributed by atoms with E-state index in [1.807, 2.05) is 6.07 Å². The number of carbonyl (C=O) groups excluding carboxylic acids is 2. The van der Waals surface area contributed by atoms with Gasteiger partial charge in [-0.15, -0.1) is 0 Å². The van der Waals surface area contributed by atoms with Gasteiger partial charge in [0.2, 0.25) is 5.91 Å². The molecule has 0 unspecified atom stereocenters. The molecule has 0 radical (unpaired) electrons. The third-order valence-electron chi connectivity index (χ3n) is 5.13. The Labute approximate surface area is 183 Å². The summed E-state index contributed by atoms with van der Waals surface area (Å²) in [4.78, 5) is 34.7. The summed E-state index contributed by atoms with van der Waals surface area (Å²) >= 11 is 0. The molecule has 0 aromatic carbocycles. The highest BCUT2D eigenvalue weighted by Gasteiger charge is 2.38. The van der Waals surface area contributed by atoms with Crippen LogP contribution in [0.15, 0.2) is 30.5 Å². The largest absolute Gasteiger partial charge is 0.435 e. The Balaban J connectivity index is 1.68. The van der Waals surface area contributed by atoms with Gasteiger partial charge in [-0.1, -0.05) is 6.92 Å². The van der Waals surface area contributed by atoms with Crippen molar-refractivity contribution in [3.8, 4) is 0 Å². The quantitative estimate of drug-likeness (QED) is 0.703. The fraction of sp³-hybridized carbons (Fsp3) is 0.429. The van der Waals surface area contributed by atoms with E-state index in [1.54, 1.807) is 24.1 Å². The van der Waals surface area contributed by atoms with Gasteiger partial charge in [-0.25, -0.2) is 9.97 Å². The van der Waals surface area contributed by atoms with Gasteiger partial charge in [-0.2, -0.15) is 13.2 Å². The number of nitrogens with zero attached hydrogens (tertiary/aromatic N) is 4. The zero-order valence-electron chi connectivity index (χ0n) is 17.9. The van der Waals surface area contributed by atoms with E-state index in [0.29, 0.717) is 45.0 Å². The number of amides is 2. The molecule has 2 aromatic rings. The maximum absolute atomic E-state index is 13.6. The minimum absolute atomic E-state index is 0.0294. The van der Waals surface area contributed by atoms with Crippen LogP contribution in [0.25, 0.3) is 0 Å². The van der Waals surface area contributed by atoms with E-state index in [-0.39, 0.29) is 17.3 Å². The second-order valence-corrected chi connectivity index (χ2v) is 7.36. The normalized spacial score (nSPS) is 14.8. The van der Waals surface area contributed by atoms with Crippen LogP contribution >= 0.6 is 0 Å². The number of piperazine rings is 1. The standard InChI is InChI=1S/C21H25F3N6O2/c1-3-18(31)28-17-12-14(6-7-26-17)13-29-8-10-30(11-9-29)16-5-4-15(20(32)25-2)27-19(16)21(22,23)24/h4-7,12H,3,8-11,13H2,1-2H3,(H,25,32)(H,26,28,31). The van der Waals surface area contributed by atoms with Crippen LogP contribution in [0.4, 0.5) is 24.7 Å². The number of nitrogens with one attached hydrogen (secondary N) is 2. The predicted molar refractivity (Wildman–Crippen MR) is 113 cm³/mol. The van der Waals surface area contributed by atoms with Gasteiger partial charge in [-0.05, 0) is 29.8 Å². The molecule has 32 heavy (non-hydrogen) atoms. The average molecular weight is 450 g/mol. The van der Waals surface area contributed by atoms with E-state index < -0.39 is 17.8 Å². The minimum atomic E-state index is -4.67. The molecule has 3 heterocycles. The lowest BCUT2D eigenvalue weighted by Crippen LogP contribution is -2.46. The molecule has 0 bridgehead atoms. The van der Waals surface area contributed by atoms with E-state index in [1.165, 1.54) is 19.2 Å². The van der Waals surface area contributed by atoms with Crippen LogP contribution in [0.1, 0.15) is 35.1 Å². The third kappa shape index (κ3) is 5.72. The SMILES string of the molecule is CCC(=O)Nc1cc(CN2CCN(c3ccc(C(=O)NC)nc3C(F)(F)F)CC2)ccn1. The molecule has 11 heteroatoms. The molecule has 1 saturated heterocycles. The van der Waals surface area contributed by atoms with Crippen molar-refractivity contribution in [2.45, 2.75) is 26.1 Å². The Morgan fingerprint density at radius 1 is 1.12 bits per heavy atom. The lowest BCUT2D eigenvalue weighted by atomic mass is 10.1. The molecular weight excluding hydrogens is 425 g/mol. The summed E-state index contributed by atoms with van der Waals surface area (Å²) in [5.41, 5.74) is -0.408. The van der Waals surface area contributed by atoms with Crippen molar-refractivity contribution in [1.82, 2.24) is 20.2 Å². The van der Waals surface area contributed by atoms with Crippen LogP contribution in [0.5, 0.6) is 0 Å². The molecule has 0 saturated carbocycles. The highest BCUT2D eigenvalue weighted by molar-refractivity contribution is 5.92. The molecule has 1 aliphatic rings. The summed E-state index contributed by atoms with van der Waals surface area (Å²) in [5, 5.41) is 5.00. The number of hydrogen-bond donors (Lipinski definition) is 2. The Kier molecular flexibility index (Phi) is 7.29. The topological polar surface area (TPSA) is 90.5 Å². The Morgan fingerprint density at radius 2 is 1.84 bits per heavy atom. The molecule has 1 aliphatic heterocycles. The van der Waals surface area contributed by atoms with Crippen LogP contribution < -0.4 is 15.5 Å². The van der Waals surface area contributed by atoms with Gasteiger partial charge in [0.25, 0.3) is 5.91 Å². The average Bonchev–Trinajstić information content (AvgIpc) is 2.78. The zero-order valence-corrected chi connectivity index (χ0v) is 17.9. The first-order valence-corrected chi connectivity index (χ1v) is 10.2. The van der Waals surface area contributed by atoms with Crippen LogP contribution in [0.2, 0.25) is 0 Å². The Morgan fingerprint density at radius 3 is 2.47 bits per heavy atom. The van der Waals surface area contributed by atoms with Crippen molar-refractivity contribution >= 4 is 23.3 Å². The van der Waals surface area contributed by atoms with Crippen molar-refractivity contribution in [2.24, 2.45) is 0 Å². The number of hydrogen-bond acceptors (Lipinski definition) is 6. The molecule has 2 amide bonds. The van der Waals surface area contributed by atoms with E-state index >= 15 is 0 Å². The lowest BCUT2D eigenvalue weighted by molar-refractivity contribution is -0.140. The maximum Gasteiger partial charge on any atom is 0.435 e. The van der Waals surface area contributed by atoms with Gasteiger partial charge in [0.1, 0.15) is 11.5 Å². The molecular formula is C21H25F3N6O2. The summed E-state index contributed by atoms with van der Waals surface area (Å²) in [6.07, 6.45) is -2.70. The van der Waals surface area contributed by atoms with Gasteiger partial charge < -0.3 is 15.5 Å². The van der Waals surface area contributed by atoms with Crippen molar-refractivity contribution < 1.29 is 22.8 Å². The Hall–Kier alpha value is -3.21. The van der Waals surface area contributed by atoms with E-state index in [4.69, 9.17) is 0 Å². The minimum Gasteiger partial charge on any atom is -0.367 e. The predicted octanol–water partition coefficient (Wildman–Crippen LogP) is 2.53. The fourth-order valence-corrected chi connectivity index (χ4v) is 3.45.